The highest BCUT2D eigenvalue weighted by molar-refractivity contribution is 6.32. The second-order valence-corrected chi connectivity index (χ2v) is 9.77. The molecule has 36 heavy (non-hydrogen) atoms. The first kappa shape index (κ1) is 25.8. The molecule has 1 aliphatic rings. The fourth-order valence-corrected chi connectivity index (χ4v) is 4.86. The molecule has 2 aromatic carbocycles. The monoisotopic (exact) mass is 525 g/mol. The minimum absolute atomic E-state index is 0. The molecule has 1 amide bonds. The van der Waals surface area contributed by atoms with Crippen LogP contribution in [0.5, 0.6) is 11.5 Å². The normalized spacial score (nSPS) is 14.6. The smallest absolute Gasteiger partial charge is 0.251 e. The van der Waals surface area contributed by atoms with Crippen molar-refractivity contribution < 1.29 is 9.53 Å². The predicted molar refractivity (Wildman–Crippen MR) is 146 cm³/mol. The summed E-state index contributed by atoms with van der Waals surface area (Å²) in [5, 5.41) is 6.97. The maximum Gasteiger partial charge on any atom is 0.251 e. The average Bonchev–Trinajstić information content (AvgIpc) is 3.23. The van der Waals surface area contributed by atoms with E-state index in [0.717, 1.165) is 42.4 Å². The SMILES string of the molecule is Cl.Cn1ccc2ncnc(Nc3ccc(Oc4cccc(C(=O)NC5(C)CCCCC5)c4)c(Cl)c3)c21. The lowest BCUT2D eigenvalue weighted by molar-refractivity contribution is 0.0882. The van der Waals surface area contributed by atoms with E-state index in [1.165, 1.54) is 12.7 Å². The van der Waals surface area contributed by atoms with Crippen molar-refractivity contribution >= 4 is 52.5 Å². The topological polar surface area (TPSA) is 81.1 Å². The van der Waals surface area contributed by atoms with Crippen molar-refractivity contribution in [2.24, 2.45) is 7.05 Å². The van der Waals surface area contributed by atoms with Crippen LogP contribution in [0.15, 0.2) is 61.1 Å². The summed E-state index contributed by atoms with van der Waals surface area (Å²) >= 11 is 6.54. The Balaban J connectivity index is 0.00000304. The highest BCUT2D eigenvalue weighted by atomic mass is 35.5. The van der Waals surface area contributed by atoms with Crippen LogP contribution in [0.4, 0.5) is 11.5 Å². The fraction of sp³-hybridized carbons (Fsp3) is 0.296. The minimum Gasteiger partial charge on any atom is -0.456 e. The van der Waals surface area contributed by atoms with Gasteiger partial charge in [-0.05, 0) is 62.2 Å². The van der Waals surface area contributed by atoms with Crippen molar-refractivity contribution in [3.8, 4) is 11.5 Å². The lowest BCUT2D eigenvalue weighted by atomic mass is 9.83. The first-order valence-corrected chi connectivity index (χ1v) is 12.2. The van der Waals surface area contributed by atoms with Crippen molar-refractivity contribution in [2.75, 3.05) is 5.32 Å². The van der Waals surface area contributed by atoms with E-state index < -0.39 is 0 Å². The number of aromatic nitrogens is 3. The third-order valence-electron chi connectivity index (χ3n) is 6.55. The van der Waals surface area contributed by atoms with Gasteiger partial charge in [0.25, 0.3) is 5.91 Å². The van der Waals surface area contributed by atoms with Crippen molar-refractivity contribution in [1.29, 1.82) is 0 Å². The molecule has 0 spiro atoms. The van der Waals surface area contributed by atoms with E-state index >= 15 is 0 Å². The van der Waals surface area contributed by atoms with Gasteiger partial charge in [0.05, 0.1) is 10.5 Å². The molecule has 0 unspecified atom stereocenters. The van der Waals surface area contributed by atoms with E-state index in [2.05, 4.69) is 27.5 Å². The van der Waals surface area contributed by atoms with Crippen LogP contribution >= 0.6 is 24.0 Å². The Labute approximate surface area is 221 Å². The quantitative estimate of drug-likeness (QED) is 0.282. The predicted octanol–water partition coefficient (Wildman–Crippen LogP) is 7.03. The number of halogens is 2. The van der Waals surface area contributed by atoms with Crippen LogP contribution in [0.2, 0.25) is 5.02 Å². The van der Waals surface area contributed by atoms with Gasteiger partial charge in [-0.2, -0.15) is 0 Å². The van der Waals surface area contributed by atoms with Gasteiger partial charge in [0, 0.05) is 30.0 Å². The molecule has 7 nitrogen and oxygen atoms in total. The summed E-state index contributed by atoms with van der Waals surface area (Å²) < 4.78 is 7.99. The van der Waals surface area contributed by atoms with E-state index in [1.807, 2.05) is 42.1 Å². The van der Waals surface area contributed by atoms with Crippen LogP contribution in [-0.4, -0.2) is 26.0 Å². The van der Waals surface area contributed by atoms with Crippen LogP contribution < -0.4 is 15.4 Å². The summed E-state index contributed by atoms with van der Waals surface area (Å²) in [6, 6.07) is 14.6. The van der Waals surface area contributed by atoms with Gasteiger partial charge in [0.15, 0.2) is 5.82 Å². The van der Waals surface area contributed by atoms with E-state index in [1.54, 1.807) is 24.3 Å². The second-order valence-electron chi connectivity index (χ2n) is 9.36. The number of nitrogens with zero attached hydrogens (tertiary/aromatic N) is 3. The Bertz CT molecular complexity index is 1380. The van der Waals surface area contributed by atoms with Crippen molar-refractivity contribution in [1.82, 2.24) is 19.9 Å². The highest BCUT2D eigenvalue weighted by Crippen LogP contribution is 2.34. The number of aryl methyl sites for hydroxylation is 1. The van der Waals surface area contributed by atoms with E-state index in [-0.39, 0.29) is 23.9 Å². The number of anilines is 2. The Morgan fingerprint density at radius 2 is 1.89 bits per heavy atom. The summed E-state index contributed by atoms with van der Waals surface area (Å²) in [6.07, 6.45) is 9.03. The maximum absolute atomic E-state index is 12.9. The summed E-state index contributed by atoms with van der Waals surface area (Å²) in [5.74, 6) is 1.66. The number of hydrogen-bond acceptors (Lipinski definition) is 5. The van der Waals surface area contributed by atoms with Crippen LogP contribution in [0.3, 0.4) is 0 Å². The van der Waals surface area contributed by atoms with Gasteiger partial charge in [0.1, 0.15) is 23.3 Å². The number of benzene rings is 2. The molecule has 0 aliphatic heterocycles. The molecule has 2 N–H and O–H groups in total. The Morgan fingerprint density at radius 3 is 2.67 bits per heavy atom. The highest BCUT2D eigenvalue weighted by Gasteiger charge is 2.28. The molecule has 0 saturated heterocycles. The maximum atomic E-state index is 12.9. The third kappa shape index (κ3) is 5.58. The molecule has 188 valence electrons. The molecule has 9 heteroatoms. The molecule has 1 fully saturated rings. The zero-order valence-electron chi connectivity index (χ0n) is 20.3. The van der Waals surface area contributed by atoms with Gasteiger partial charge in [-0.25, -0.2) is 9.97 Å². The molecule has 0 radical (unpaired) electrons. The summed E-state index contributed by atoms with van der Waals surface area (Å²) in [4.78, 5) is 21.6. The number of fused-ring (bicyclic) bond motifs is 1. The number of carbonyl (C=O) groups is 1. The van der Waals surface area contributed by atoms with Gasteiger partial charge in [-0.3, -0.25) is 4.79 Å². The zero-order chi connectivity index (χ0) is 24.4. The molecular formula is C27H29Cl2N5O2. The number of hydrogen-bond donors (Lipinski definition) is 2. The number of rotatable bonds is 6. The number of nitrogens with one attached hydrogen (secondary N) is 2. The van der Waals surface area contributed by atoms with Gasteiger partial charge < -0.3 is 19.9 Å². The molecule has 1 aliphatic carbocycles. The van der Waals surface area contributed by atoms with Crippen LogP contribution in [0.1, 0.15) is 49.4 Å². The first-order chi connectivity index (χ1) is 16.9. The van der Waals surface area contributed by atoms with Crippen molar-refractivity contribution in [2.45, 2.75) is 44.6 Å². The minimum atomic E-state index is -0.146. The van der Waals surface area contributed by atoms with Crippen LogP contribution in [0.25, 0.3) is 11.0 Å². The molecule has 5 rings (SSSR count). The second kappa shape index (κ2) is 10.8. The molecule has 0 atom stereocenters. The molecule has 0 bridgehead atoms. The van der Waals surface area contributed by atoms with E-state index in [4.69, 9.17) is 16.3 Å². The summed E-state index contributed by atoms with van der Waals surface area (Å²) in [7, 11) is 1.95. The Morgan fingerprint density at radius 1 is 1.08 bits per heavy atom. The summed E-state index contributed by atoms with van der Waals surface area (Å²) in [6.45, 7) is 2.13. The number of ether oxygens (including phenoxy) is 1. The van der Waals surface area contributed by atoms with Gasteiger partial charge in [-0.1, -0.05) is 36.9 Å². The molecular weight excluding hydrogens is 497 g/mol. The molecule has 2 aromatic heterocycles. The summed E-state index contributed by atoms with van der Waals surface area (Å²) in [5.41, 5.74) is 2.96. The fourth-order valence-electron chi connectivity index (χ4n) is 4.64. The van der Waals surface area contributed by atoms with Gasteiger partial charge >= 0.3 is 0 Å². The molecule has 4 aromatic rings. The Kier molecular flexibility index (Phi) is 7.71. The zero-order valence-corrected chi connectivity index (χ0v) is 21.8. The molecule has 1 saturated carbocycles. The largest absolute Gasteiger partial charge is 0.456 e. The Hall–Kier alpha value is -3.29. The van der Waals surface area contributed by atoms with Crippen LogP contribution in [0, 0.1) is 0 Å². The third-order valence-corrected chi connectivity index (χ3v) is 6.85. The lowest BCUT2D eigenvalue weighted by Crippen LogP contribution is -2.47. The van der Waals surface area contributed by atoms with Gasteiger partial charge in [-0.15, -0.1) is 12.4 Å². The van der Waals surface area contributed by atoms with Crippen LogP contribution in [-0.2, 0) is 7.05 Å². The molecule has 2 heterocycles. The number of carbonyl (C=O) groups excluding carboxylic acids is 1. The number of amides is 1. The van der Waals surface area contributed by atoms with Crippen molar-refractivity contribution in [3.05, 3.63) is 71.6 Å². The lowest BCUT2D eigenvalue weighted by Gasteiger charge is -2.34. The standard InChI is InChI=1S/C27H28ClN5O2.ClH/c1-27(12-4-3-5-13-27)32-26(34)18-7-6-8-20(15-18)35-23-10-9-19(16-21(23)28)31-25-24-22(29-17-30-25)11-14-33(24)2;/h6-11,14-17H,3-5,12-13H2,1-2H3,(H,32,34)(H,29,30,31);1H. The van der Waals surface area contributed by atoms with Crippen molar-refractivity contribution in [3.63, 3.8) is 0 Å². The van der Waals surface area contributed by atoms with E-state index in [0.29, 0.717) is 27.9 Å². The first-order valence-electron chi connectivity index (χ1n) is 11.8. The van der Waals surface area contributed by atoms with E-state index in [9.17, 15) is 4.79 Å². The van der Waals surface area contributed by atoms with Gasteiger partial charge in [0.2, 0.25) is 0 Å². The average molecular weight is 526 g/mol.